The fourth-order valence-corrected chi connectivity index (χ4v) is 4.52. The smallest absolute Gasteiger partial charge is 0.227 e. The predicted octanol–water partition coefficient (Wildman–Crippen LogP) is 2.68. The number of fused-ring (bicyclic) bond motifs is 1. The zero-order valence-electron chi connectivity index (χ0n) is 15.0. The third-order valence-corrected chi connectivity index (χ3v) is 5.96. The van der Waals surface area contributed by atoms with E-state index in [9.17, 15) is 9.90 Å². The number of nitrogens with zero attached hydrogens (tertiary/aromatic N) is 3. The second-order valence-corrected chi connectivity index (χ2v) is 7.65. The van der Waals surface area contributed by atoms with Crippen LogP contribution >= 0.6 is 0 Å². The van der Waals surface area contributed by atoms with Crippen molar-refractivity contribution >= 4 is 5.91 Å². The van der Waals surface area contributed by atoms with Gasteiger partial charge in [-0.1, -0.05) is 35.5 Å². The lowest BCUT2D eigenvalue weighted by atomic mass is 10.0. The average Bonchev–Trinajstić information content (AvgIpc) is 3.34. The molecule has 2 aliphatic carbocycles. The Labute approximate surface area is 153 Å². The molecule has 2 fully saturated rings. The normalized spacial score (nSPS) is 27.5. The zero-order chi connectivity index (χ0) is 18.1. The first-order valence-corrected chi connectivity index (χ1v) is 9.42. The highest BCUT2D eigenvalue weighted by Crippen LogP contribution is 2.45. The molecule has 4 atom stereocenters. The lowest BCUT2D eigenvalue weighted by Gasteiger charge is -2.25. The summed E-state index contributed by atoms with van der Waals surface area (Å²) < 4.78 is 5.29. The lowest BCUT2D eigenvalue weighted by Crippen LogP contribution is -2.36. The van der Waals surface area contributed by atoms with E-state index < -0.39 is 0 Å². The van der Waals surface area contributed by atoms with Gasteiger partial charge in [0.05, 0.1) is 6.10 Å². The summed E-state index contributed by atoms with van der Waals surface area (Å²) in [4.78, 5) is 18.8. The second kappa shape index (κ2) is 7.19. The maximum atomic E-state index is 12.6. The van der Waals surface area contributed by atoms with Crippen molar-refractivity contribution in [3.8, 4) is 11.4 Å². The first-order chi connectivity index (χ1) is 12.6. The third-order valence-electron chi connectivity index (χ3n) is 5.96. The minimum atomic E-state index is -0.136. The van der Waals surface area contributed by atoms with Crippen molar-refractivity contribution in [2.75, 3.05) is 7.05 Å². The number of aryl methyl sites for hydroxylation is 1. The summed E-state index contributed by atoms with van der Waals surface area (Å²) in [7, 11) is 1.90. The molecule has 0 radical (unpaired) electrons. The molecule has 2 aliphatic rings. The molecule has 2 aromatic rings. The van der Waals surface area contributed by atoms with Crippen LogP contribution in [0, 0.1) is 11.8 Å². The fraction of sp³-hybridized carbons (Fsp3) is 0.550. The Bertz CT molecular complexity index is 747. The Hall–Kier alpha value is -2.21. The number of aromatic nitrogens is 2. The van der Waals surface area contributed by atoms with E-state index in [1.165, 1.54) is 0 Å². The highest BCUT2D eigenvalue weighted by atomic mass is 16.5. The number of aliphatic hydroxyl groups is 1. The first kappa shape index (κ1) is 17.2. The van der Waals surface area contributed by atoms with Crippen molar-refractivity contribution < 1.29 is 14.4 Å². The molecular formula is C20H25N3O3. The molecule has 2 unspecified atom stereocenters. The Kier molecular flexibility index (Phi) is 4.76. The van der Waals surface area contributed by atoms with Crippen LogP contribution in [-0.4, -0.2) is 45.2 Å². The Morgan fingerprint density at radius 1 is 1.19 bits per heavy atom. The van der Waals surface area contributed by atoms with Gasteiger partial charge in [0.25, 0.3) is 0 Å². The Morgan fingerprint density at radius 3 is 2.58 bits per heavy atom. The number of carbonyl (C=O) groups excluding carboxylic acids is 1. The zero-order valence-corrected chi connectivity index (χ0v) is 15.0. The highest BCUT2D eigenvalue weighted by molar-refractivity contribution is 5.76. The van der Waals surface area contributed by atoms with E-state index in [4.69, 9.17) is 4.52 Å². The number of hydrogen-bond acceptors (Lipinski definition) is 5. The van der Waals surface area contributed by atoms with Crippen LogP contribution in [0.5, 0.6) is 0 Å². The Morgan fingerprint density at radius 2 is 1.88 bits per heavy atom. The summed E-state index contributed by atoms with van der Waals surface area (Å²) in [5.74, 6) is 2.33. The van der Waals surface area contributed by atoms with Gasteiger partial charge in [0, 0.05) is 31.5 Å². The van der Waals surface area contributed by atoms with Crippen molar-refractivity contribution in [2.45, 2.75) is 50.7 Å². The molecule has 0 bridgehead atoms. The summed E-state index contributed by atoms with van der Waals surface area (Å²) in [6.45, 7) is 0. The number of benzene rings is 1. The maximum Gasteiger partial charge on any atom is 0.227 e. The minimum absolute atomic E-state index is 0.120. The van der Waals surface area contributed by atoms with Gasteiger partial charge >= 0.3 is 0 Å². The molecule has 0 aliphatic heterocycles. The van der Waals surface area contributed by atoms with E-state index in [1.807, 2.05) is 42.3 Å². The van der Waals surface area contributed by atoms with Crippen LogP contribution in [0.3, 0.4) is 0 Å². The number of amides is 1. The SMILES string of the molecule is CN(C(=O)CCc1nc(-c2ccccc2)no1)C1C[C@H]2CC(O)C[C@H]2C1. The topological polar surface area (TPSA) is 79.5 Å². The molecule has 26 heavy (non-hydrogen) atoms. The number of rotatable bonds is 5. The van der Waals surface area contributed by atoms with Crippen LogP contribution in [0.15, 0.2) is 34.9 Å². The molecule has 4 rings (SSSR count). The lowest BCUT2D eigenvalue weighted by molar-refractivity contribution is -0.132. The molecule has 0 spiro atoms. The molecule has 2 saturated carbocycles. The molecule has 1 N–H and O–H groups in total. The number of hydrogen-bond donors (Lipinski definition) is 1. The van der Waals surface area contributed by atoms with Crippen LogP contribution in [-0.2, 0) is 11.2 Å². The van der Waals surface area contributed by atoms with Crippen LogP contribution in [0.1, 0.15) is 38.0 Å². The molecule has 6 heteroatoms. The molecule has 6 nitrogen and oxygen atoms in total. The highest BCUT2D eigenvalue weighted by Gasteiger charge is 2.42. The van der Waals surface area contributed by atoms with Gasteiger partial charge in [0.2, 0.25) is 17.6 Å². The first-order valence-electron chi connectivity index (χ1n) is 9.42. The van der Waals surface area contributed by atoms with E-state index in [0.717, 1.165) is 31.2 Å². The summed E-state index contributed by atoms with van der Waals surface area (Å²) in [5.41, 5.74) is 0.908. The van der Waals surface area contributed by atoms with E-state index in [0.29, 0.717) is 42.4 Å². The van der Waals surface area contributed by atoms with E-state index in [1.54, 1.807) is 0 Å². The van der Waals surface area contributed by atoms with Gasteiger partial charge in [0.1, 0.15) is 0 Å². The summed E-state index contributed by atoms with van der Waals surface area (Å²) in [5, 5.41) is 13.8. The van der Waals surface area contributed by atoms with Crippen LogP contribution < -0.4 is 0 Å². The summed E-state index contributed by atoms with van der Waals surface area (Å²) >= 11 is 0. The van der Waals surface area contributed by atoms with Gasteiger partial charge in [-0.3, -0.25) is 4.79 Å². The summed E-state index contributed by atoms with van der Waals surface area (Å²) in [6, 6.07) is 9.96. The molecule has 1 heterocycles. The third kappa shape index (κ3) is 3.51. The van der Waals surface area contributed by atoms with Gasteiger partial charge in [-0.25, -0.2) is 0 Å². The summed E-state index contributed by atoms with van der Waals surface area (Å²) in [6.07, 6.45) is 4.53. The monoisotopic (exact) mass is 355 g/mol. The molecule has 1 amide bonds. The van der Waals surface area contributed by atoms with Crippen molar-refractivity contribution in [1.82, 2.24) is 15.0 Å². The fourth-order valence-electron chi connectivity index (χ4n) is 4.52. The number of carbonyl (C=O) groups is 1. The minimum Gasteiger partial charge on any atom is -0.393 e. The van der Waals surface area contributed by atoms with Crippen molar-refractivity contribution in [3.05, 3.63) is 36.2 Å². The molecule has 0 saturated heterocycles. The van der Waals surface area contributed by atoms with Crippen LogP contribution in [0.25, 0.3) is 11.4 Å². The van der Waals surface area contributed by atoms with Crippen LogP contribution in [0.4, 0.5) is 0 Å². The molecule has 1 aromatic heterocycles. The standard InChI is InChI=1S/C20H25N3O3/c1-23(16-9-14-11-17(24)12-15(14)10-16)19(25)8-7-18-21-20(22-26-18)13-5-3-2-4-6-13/h2-6,14-17,24H,7-12H2,1H3/t14-,15+,16?,17?. The van der Waals surface area contributed by atoms with E-state index in [-0.39, 0.29) is 12.0 Å². The largest absolute Gasteiger partial charge is 0.393 e. The Balaban J connectivity index is 1.30. The maximum absolute atomic E-state index is 12.6. The molecule has 138 valence electrons. The van der Waals surface area contributed by atoms with E-state index in [2.05, 4.69) is 10.1 Å². The van der Waals surface area contributed by atoms with Gasteiger partial charge in [-0.2, -0.15) is 4.98 Å². The van der Waals surface area contributed by atoms with Crippen molar-refractivity contribution in [1.29, 1.82) is 0 Å². The van der Waals surface area contributed by atoms with Crippen molar-refractivity contribution in [2.24, 2.45) is 11.8 Å². The quantitative estimate of drug-likeness (QED) is 0.892. The molecular weight excluding hydrogens is 330 g/mol. The predicted molar refractivity (Wildman–Crippen MR) is 96.1 cm³/mol. The van der Waals surface area contributed by atoms with Crippen molar-refractivity contribution in [3.63, 3.8) is 0 Å². The average molecular weight is 355 g/mol. The van der Waals surface area contributed by atoms with Gasteiger partial charge in [-0.05, 0) is 37.5 Å². The van der Waals surface area contributed by atoms with Gasteiger partial charge in [0.15, 0.2) is 0 Å². The molecule has 1 aromatic carbocycles. The van der Waals surface area contributed by atoms with E-state index >= 15 is 0 Å². The second-order valence-electron chi connectivity index (χ2n) is 7.65. The van der Waals surface area contributed by atoms with Gasteiger partial charge < -0.3 is 14.5 Å². The number of aliphatic hydroxyl groups excluding tert-OH is 1. The van der Waals surface area contributed by atoms with Gasteiger partial charge in [-0.15, -0.1) is 0 Å². The van der Waals surface area contributed by atoms with Crippen LogP contribution in [0.2, 0.25) is 0 Å².